The van der Waals surface area contributed by atoms with Gasteiger partial charge in [-0.05, 0) is 25.7 Å². The molecule has 0 aromatic heterocycles. The molecular weight excluding hydrogens is 286 g/mol. The molecule has 0 radical (unpaired) electrons. The number of hydrogen-bond acceptors (Lipinski definition) is 3. The maximum atomic E-state index is 11.2. The molecule has 0 heterocycles. The molecule has 1 aliphatic rings. The van der Waals surface area contributed by atoms with Crippen molar-refractivity contribution in [2.75, 3.05) is 25.6 Å². The van der Waals surface area contributed by atoms with Crippen LogP contribution in [0.4, 0.5) is 0 Å². The predicted octanol–water partition coefficient (Wildman–Crippen LogP) is 1.95. The van der Waals surface area contributed by atoms with Gasteiger partial charge in [-0.2, -0.15) is 0 Å². The Hall–Kier alpha value is -0.780. The van der Waals surface area contributed by atoms with E-state index in [1.165, 1.54) is 44.8 Å². The van der Waals surface area contributed by atoms with Crippen LogP contribution in [0, 0.1) is 5.92 Å². The lowest BCUT2D eigenvalue weighted by Crippen LogP contribution is -2.43. The van der Waals surface area contributed by atoms with E-state index < -0.39 is 9.84 Å². The molecule has 6 heteroatoms. The van der Waals surface area contributed by atoms with E-state index >= 15 is 0 Å². The molecule has 0 aliphatic heterocycles. The zero-order valence-corrected chi connectivity index (χ0v) is 14.5. The topological polar surface area (TPSA) is 70.6 Å². The first-order valence-corrected chi connectivity index (χ1v) is 10.1. The average Bonchev–Trinajstić information content (AvgIpc) is 2.44. The van der Waals surface area contributed by atoms with Gasteiger partial charge in [-0.1, -0.05) is 32.1 Å². The predicted molar refractivity (Wildman–Crippen MR) is 89.5 cm³/mol. The first-order chi connectivity index (χ1) is 9.90. The Labute approximate surface area is 129 Å². The van der Waals surface area contributed by atoms with E-state index in [1.807, 2.05) is 6.92 Å². The summed E-state index contributed by atoms with van der Waals surface area (Å²) in [6.07, 6.45) is 9.93. The highest BCUT2D eigenvalue weighted by molar-refractivity contribution is 7.90. The number of hydrogen-bond donors (Lipinski definition) is 2. The normalized spacial score (nSPS) is 19.3. The van der Waals surface area contributed by atoms with Gasteiger partial charge in [0.15, 0.2) is 5.96 Å². The summed E-state index contributed by atoms with van der Waals surface area (Å²) in [4.78, 5) is 4.20. The summed E-state index contributed by atoms with van der Waals surface area (Å²) in [5.41, 5.74) is 0. The summed E-state index contributed by atoms with van der Waals surface area (Å²) >= 11 is 0. The monoisotopic (exact) mass is 317 g/mol. The van der Waals surface area contributed by atoms with Crippen LogP contribution in [0.1, 0.15) is 51.9 Å². The molecule has 0 spiro atoms. The molecule has 1 saturated carbocycles. The second-order valence-corrected chi connectivity index (χ2v) is 8.52. The van der Waals surface area contributed by atoms with Crippen molar-refractivity contribution >= 4 is 15.8 Å². The molecule has 1 unspecified atom stereocenters. The van der Waals surface area contributed by atoms with E-state index in [0.717, 1.165) is 18.4 Å². The first-order valence-electron chi connectivity index (χ1n) is 8.05. The third-order valence-electron chi connectivity index (χ3n) is 4.10. The number of nitrogens with one attached hydrogen (secondary N) is 2. The van der Waals surface area contributed by atoms with Crippen LogP contribution < -0.4 is 10.6 Å². The molecule has 0 amide bonds. The largest absolute Gasteiger partial charge is 0.356 e. The van der Waals surface area contributed by atoms with Gasteiger partial charge in [-0.3, -0.25) is 4.99 Å². The summed E-state index contributed by atoms with van der Waals surface area (Å²) in [5, 5.41) is 6.59. The van der Waals surface area contributed by atoms with Gasteiger partial charge in [-0.15, -0.1) is 0 Å². The molecule has 124 valence electrons. The van der Waals surface area contributed by atoms with Crippen LogP contribution >= 0.6 is 0 Å². The van der Waals surface area contributed by atoms with Crippen molar-refractivity contribution in [1.82, 2.24) is 10.6 Å². The minimum atomic E-state index is -2.89. The van der Waals surface area contributed by atoms with E-state index in [-0.39, 0.29) is 11.8 Å². The highest BCUT2D eigenvalue weighted by Gasteiger charge is 2.13. The van der Waals surface area contributed by atoms with Crippen LogP contribution in [0.5, 0.6) is 0 Å². The molecule has 0 aromatic rings. The van der Waals surface area contributed by atoms with E-state index in [4.69, 9.17) is 0 Å². The highest BCUT2D eigenvalue weighted by atomic mass is 32.2. The van der Waals surface area contributed by atoms with Crippen molar-refractivity contribution in [2.45, 2.75) is 57.9 Å². The van der Waals surface area contributed by atoms with Crippen LogP contribution in [0.15, 0.2) is 4.99 Å². The molecule has 0 bridgehead atoms. The Kier molecular flexibility index (Phi) is 8.07. The van der Waals surface area contributed by atoms with E-state index in [2.05, 4.69) is 15.6 Å². The molecular formula is C15H31N3O2S. The van der Waals surface area contributed by atoms with Gasteiger partial charge < -0.3 is 10.6 Å². The maximum absolute atomic E-state index is 11.2. The van der Waals surface area contributed by atoms with Crippen molar-refractivity contribution < 1.29 is 8.42 Å². The van der Waals surface area contributed by atoms with Crippen molar-refractivity contribution in [1.29, 1.82) is 0 Å². The number of aliphatic imine (C=N–C) groups is 1. The molecule has 1 aliphatic carbocycles. The minimum absolute atomic E-state index is 0.0978. The van der Waals surface area contributed by atoms with Crippen LogP contribution in [-0.2, 0) is 9.84 Å². The van der Waals surface area contributed by atoms with Crippen molar-refractivity contribution in [3.63, 3.8) is 0 Å². The quantitative estimate of drug-likeness (QED) is 0.556. The number of rotatable bonds is 7. The lowest BCUT2D eigenvalue weighted by molar-refractivity contribution is 0.339. The zero-order chi connectivity index (χ0) is 15.7. The average molecular weight is 317 g/mol. The van der Waals surface area contributed by atoms with E-state index in [9.17, 15) is 8.42 Å². The van der Waals surface area contributed by atoms with Gasteiger partial charge in [0.1, 0.15) is 9.84 Å². The fourth-order valence-corrected chi connectivity index (χ4v) is 3.54. The van der Waals surface area contributed by atoms with Gasteiger partial charge in [-0.25, -0.2) is 8.42 Å². The summed E-state index contributed by atoms with van der Waals surface area (Å²) in [5.74, 6) is 1.83. The van der Waals surface area contributed by atoms with E-state index in [0.29, 0.717) is 6.42 Å². The maximum Gasteiger partial charge on any atom is 0.191 e. The van der Waals surface area contributed by atoms with Crippen molar-refractivity contribution in [2.24, 2.45) is 10.9 Å². The van der Waals surface area contributed by atoms with Crippen LogP contribution in [0.2, 0.25) is 0 Å². The SMILES string of the molecule is CN=C(NCCC1CCCCC1)NC(C)CCS(C)(=O)=O. The second kappa shape index (κ2) is 9.28. The smallest absolute Gasteiger partial charge is 0.191 e. The molecule has 21 heavy (non-hydrogen) atoms. The Morgan fingerprint density at radius 2 is 1.95 bits per heavy atom. The highest BCUT2D eigenvalue weighted by Crippen LogP contribution is 2.25. The Morgan fingerprint density at radius 1 is 1.29 bits per heavy atom. The van der Waals surface area contributed by atoms with Crippen LogP contribution in [0.25, 0.3) is 0 Å². The zero-order valence-electron chi connectivity index (χ0n) is 13.7. The molecule has 1 atom stereocenters. The molecule has 5 nitrogen and oxygen atoms in total. The summed E-state index contributed by atoms with van der Waals surface area (Å²) < 4.78 is 22.3. The van der Waals surface area contributed by atoms with Gasteiger partial charge in [0.05, 0.1) is 5.75 Å². The van der Waals surface area contributed by atoms with Crippen molar-refractivity contribution in [3.8, 4) is 0 Å². The third-order valence-corrected chi connectivity index (χ3v) is 5.08. The van der Waals surface area contributed by atoms with Crippen molar-refractivity contribution in [3.05, 3.63) is 0 Å². The van der Waals surface area contributed by atoms with E-state index in [1.54, 1.807) is 7.05 Å². The van der Waals surface area contributed by atoms with Gasteiger partial charge in [0.2, 0.25) is 0 Å². The molecule has 1 fully saturated rings. The number of nitrogens with zero attached hydrogens (tertiary/aromatic N) is 1. The summed E-state index contributed by atoms with van der Waals surface area (Å²) in [6, 6.07) is 0.0978. The molecule has 1 rings (SSSR count). The second-order valence-electron chi connectivity index (χ2n) is 6.26. The fraction of sp³-hybridized carbons (Fsp3) is 0.933. The Morgan fingerprint density at radius 3 is 2.52 bits per heavy atom. The Bertz CT molecular complexity index is 415. The van der Waals surface area contributed by atoms with Gasteiger partial charge in [0.25, 0.3) is 0 Å². The standard InChI is InChI=1S/C15H31N3O2S/c1-13(10-12-21(3,19)20)18-15(16-2)17-11-9-14-7-5-4-6-8-14/h13-14H,4-12H2,1-3H3,(H2,16,17,18). The van der Waals surface area contributed by atoms with Crippen LogP contribution in [-0.4, -0.2) is 46.0 Å². The lowest BCUT2D eigenvalue weighted by Gasteiger charge is -2.22. The molecule has 0 saturated heterocycles. The van der Waals surface area contributed by atoms with Gasteiger partial charge in [0, 0.05) is 25.9 Å². The molecule has 2 N–H and O–H groups in total. The first kappa shape index (κ1) is 18.3. The molecule has 0 aromatic carbocycles. The number of guanidine groups is 1. The fourth-order valence-electron chi connectivity index (χ4n) is 2.76. The third kappa shape index (κ3) is 8.96. The van der Waals surface area contributed by atoms with Crippen LogP contribution in [0.3, 0.4) is 0 Å². The number of sulfone groups is 1. The lowest BCUT2D eigenvalue weighted by atomic mass is 9.87. The summed E-state index contributed by atoms with van der Waals surface area (Å²) in [6.45, 7) is 2.92. The Balaban J connectivity index is 2.21. The summed E-state index contributed by atoms with van der Waals surface area (Å²) in [7, 11) is -1.14. The minimum Gasteiger partial charge on any atom is -0.356 e. The van der Waals surface area contributed by atoms with Gasteiger partial charge >= 0.3 is 0 Å².